The fraction of sp³-hybridized carbons (Fsp3) is 0.471. The standard InChI is InChI=1S/C17H22N4O2/c1-17(10-6-5-9-15(17)22)12-18-16(23)14-11-19-21(20-14)13-7-3-2-4-8-13/h2-4,7-8,11,15,22H,5-6,9-10,12H2,1H3,(H,18,23). The van der Waals surface area contributed by atoms with Crippen molar-refractivity contribution in [1.82, 2.24) is 20.3 Å². The maximum absolute atomic E-state index is 12.3. The zero-order valence-electron chi connectivity index (χ0n) is 13.3. The van der Waals surface area contributed by atoms with Crippen molar-refractivity contribution in [2.45, 2.75) is 38.7 Å². The number of benzene rings is 1. The van der Waals surface area contributed by atoms with E-state index in [0.29, 0.717) is 6.54 Å². The Kier molecular flexibility index (Phi) is 4.43. The second kappa shape index (κ2) is 6.50. The number of carbonyl (C=O) groups is 1. The Balaban J connectivity index is 1.64. The van der Waals surface area contributed by atoms with Crippen LogP contribution in [0.2, 0.25) is 0 Å². The molecule has 0 radical (unpaired) electrons. The van der Waals surface area contributed by atoms with Crippen LogP contribution >= 0.6 is 0 Å². The molecule has 2 aromatic rings. The molecule has 0 spiro atoms. The number of aliphatic hydroxyl groups is 1. The lowest BCUT2D eigenvalue weighted by atomic mass is 9.73. The van der Waals surface area contributed by atoms with Gasteiger partial charge in [0.15, 0.2) is 5.69 Å². The molecule has 3 rings (SSSR count). The molecule has 0 saturated heterocycles. The van der Waals surface area contributed by atoms with Crippen LogP contribution in [0.4, 0.5) is 0 Å². The quantitative estimate of drug-likeness (QED) is 0.904. The Morgan fingerprint density at radius 2 is 2.17 bits per heavy atom. The highest BCUT2D eigenvalue weighted by Crippen LogP contribution is 2.35. The topological polar surface area (TPSA) is 80.0 Å². The van der Waals surface area contributed by atoms with Crippen molar-refractivity contribution < 1.29 is 9.90 Å². The van der Waals surface area contributed by atoms with Gasteiger partial charge in [-0.25, -0.2) is 0 Å². The normalized spacial score (nSPS) is 24.3. The largest absolute Gasteiger partial charge is 0.392 e. The average Bonchev–Trinajstić information content (AvgIpc) is 3.07. The first-order chi connectivity index (χ1) is 11.1. The SMILES string of the molecule is CC1(CNC(=O)c2cnn(-c3ccccc3)n2)CCCCC1O. The van der Waals surface area contributed by atoms with Gasteiger partial charge in [-0.1, -0.05) is 38.0 Å². The third kappa shape index (κ3) is 3.42. The highest BCUT2D eigenvalue weighted by molar-refractivity contribution is 5.91. The third-order valence-electron chi connectivity index (χ3n) is 4.64. The van der Waals surface area contributed by atoms with Crippen LogP contribution in [0.5, 0.6) is 0 Å². The summed E-state index contributed by atoms with van der Waals surface area (Å²) in [5.41, 5.74) is 0.826. The molecule has 0 bridgehead atoms. The second-order valence-corrected chi connectivity index (χ2v) is 6.45. The molecule has 6 heteroatoms. The molecule has 1 aliphatic carbocycles. The zero-order valence-corrected chi connectivity index (χ0v) is 13.3. The number of carbonyl (C=O) groups excluding carboxylic acids is 1. The molecule has 2 atom stereocenters. The summed E-state index contributed by atoms with van der Waals surface area (Å²) in [6.07, 6.45) is 4.96. The van der Waals surface area contributed by atoms with Gasteiger partial charge in [0.05, 0.1) is 18.0 Å². The Bertz CT molecular complexity index is 670. The lowest BCUT2D eigenvalue weighted by Crippen LogP contribution is -2.45. The van der Waals surface area contributed by atoms with Gasteiger partial charge < -0.3 is 10.4 Å². The lowest BCUT2D eigenvalue weighted by Gasteiger charge is -2.38. The number of nitrogens with one attached hydrogen (secondary N) is 1. The van der Waals surface area contributed by atoms with Gasteiger partial charge in [-0.15, -0.1) is 5.10 Å². The van der Waals surface area contributed by atoms with Crippen LogP contribution in [-0.4, -0.2) is 38.7 Å². The number of nitrogens with zero attached hydrogens (tertiary/aromatic N) is 3. The van der Waals surface area contributed by atoms with E-state index in [1.165, 1.54) is 11.0 Å². The van der Waals surface area contributed by atoms with Crippen molar-refractivity contribution in [1.29, 1.82) is 0 Å². The maximum atomic E-state index is 12.3. The summed E-state index contributed by atoms with van der Waals surface area (Å²) in [7, 11) is 0. The first kappa shape index (κ1) is 15.7. The summed E-state index contributed by atoms with van der Waals surface area (Å²) >= 11 is 0. The minimum Gasteiger partial charge on any atom is -0.392 e. The second-order valence-electron chi connectivity index (χ2n) is 6.45. The van der Waals surface area contributed by atoms with Crippen molar-refractivity contribution in [2.75, 3.05) is 6.54 Å². The molecule has 1 saturated carbocycles. The minimum absolute atomic E-state index is 0.258. The Labute approximate surface area is 135 Å². The van der Waals surface area contributed by atoms with Crippen LogP contribution in [-0.2, 0) is 0 Å². The molecule has 1 heterocycles. The van der Waals surface area contributed by atoms with Crippen LogP contribution in [0, 0.1) is 5.41 Å². The summed E-state index contributed by atoms with van der Waals surface area (Å²) < 4.78 is 0. The van der Waals surface area contributed by atoms with Gasteiger partial charge in [0.2, 0.25) is 0 Å². The number of para-hydroxylation sites is 1. The van der Waals surface area contributed by atoms with Crippen molar-refractivity contribution in [3.05, 3.63) is 42.2 Å². The summed E-state index contributed by atoms with van der Waals surface area (Å²) in [5, 5.41) is 21.4. The predicted molar refractivity (Wildman–Crippen MR) is 86.3 cm³/mol. The molecule has 1 fully saturated rings. The first-order valence-corrected chi connectivity index (χ1v) is 8.02. The monoisotopic (exact) mass is 314 g/mol. The zero-order chi connectivity index (χ0) is 16.3. The van der Waals surface area contributed by atoms with Crippen LogP contribution in [0.3, 0.4) is 0 Å². The Hall–Kier alpha value is -2.21. The number of aliphatic hydroxyl groups excluding tert-OH is 1. The predicted octanol–water partition coefficient (Wildman–Crippen LogP) is 1.94. The molecule has 2 unspecified atom stereocenters. The van der Waals surface area contributed by atoms with Crippen molar-refractivity contribution in [3.8, 4) is 5.69 Å². The fourth-order valence-corrected chi connectivity index (χ4v) is 3.01. The van der Waals surface area contributed by atoms with Gasteiger partial charge in [0.25, 0.3) is 5.91 Å². The third-order valence-corrected chi connectivity index (χ3v) is 4.64. The highest BCUT2D eigenvalue weighted by atomic mass is 16.3. The molecule has 1 aromatic heterocycles. The molecule has 2 N–H and O–H groups in total. The van der Waals surface area contributed by atoms with Crippen molar-refractivity contribution in [3.63, 3.8) is 0 Å². The average molecular weight is 314 g/mol. The summed E-state index contributed by atoms with van der Waals surface area (Å²) in [4.78, 5) is 13.7. The summed E-state index contributed by atoms with van der Waals surface area (Å²) in [5.74, 6) is -0.258. The van der Waals surface area contributed by atoms with E-state index in [9.17, 15) is 9.90 Å². The van der Waals surface area contributed by atoms with E-state index in [-0.39, 0.29) is 23.1 Å². The molecule has 1 aliphatic rings. The van der Waals surface area contributed by atoms with E-state index in [2.05, 4.69) is 15.5 Å². The van der Waals surface area contributed by atoms with Crippen LogP contribution in [0.15, 0.2) is 36.5 Å². The maximum Gasteiger partial charge on any atom is 0.273 e. The van der Waals surface area contributed by atoms with Gasteiger partial charge in [-0.3, -0.25) is 4.79 Å². The lowest BCUT2D eigenvalue weighted by molar-refractivity contribution is 0.00187. The van der Waals surface area contributed by atoms with Crippen molar-refractivity contribution in [2.24, 2.45) is 5.41 Å². The van der Waals surface area contributed by atoms with E-state index >= 15 is 0 Å². The first-order valence-electron chi connectivity index (χ1n) is 8.02. The van der Waals surface area contributed by atoms with Gasteiger partial charge >= 0.3 is 0 Å². The van der Waals surface area contributed by atoms with Crippen LogP contribution in [0.25, 0.3) is 5.69 Å². The molecule has 1 aromatic carbocycles. The van der Waals surface area contributed by atoms with Gasteiger partial charge in [-0.2, -0.15) is 9.90 Å². The fourth-order valence-electron chi connectivity index (χ4n) is 3.01. The van der Waals surface area contributed by atoms with Crippen LogP contribution in [0.1, 0.15) is 43.1 Å². The van der Waals surface area contributed by atoms with Gasteiger partial charge in [-0.05, 0) is 25.0 Å². The number of hydrogen-bond donors (Lipinski definition) is 2. The van der Waals surface area contributed by atoms with E-state index in [0.717, 1.165) is 31.4 Å². The van der Waals surface area contributed by atoms with E-state index in [1.807, 2.05) is 37.3 Å². The number of rotatable bonds is 4. The molecule has 1 amide bonds. The van der Waals surface area contributed by atoms with Crippen molar-refractivity contribution >= 4 is 5.91 Å². The molecule has 6 nitrogen and oxygen atoms in total. The molecular formula is C17H22N4O2. The minimum atomic E-state index is -0.364. The van der Waals surface area contributed by atoms with Crippen LogP contribution < -0.4 is 5.32 Å². The molecule has 23 heavy (non-hydrogen) atoms. The van der Waals surface area contributed by atoms with Gasteiger partial charge in [0, 0.05) is 12.0 Å². The highest BCUT2D eigenvalue weighted by Gasteiger charge is 2.35. The summed E-state index contributed by atoms with van der Waals surface area (Å²) in [6.45, 7) is 2.48. The number of hydrogen-bond acceptors (Lipinski definition) is 4. The van der Waals surface area contributed by atoms with E-state index in [4.69, 9.17) is 0 Å². The van der Waals surface area contributed by atoms with E-state index < -0.39 is 0 Å². The van der Waals surface area contributed by atoms with Gasteiger partial charge in [0.1, 0.15) is 0 Å². The molecular weight excluding hydrogens is 292 g/mol. The number of aromatic nitrogens is 3. The Morgan fingerprint density at radius 1 is 1.39 bits per heavy atom. The molecule has 0 aliphatic heterocycles. The van der Waals surface area contributed by atoms with E-state index in [1.54, 1.807) is 0 Å². The smallest absolute Gasteiger partial charge is 0.273 e. The summed E-state index contributed by atoms with van der Waals surface area (Å²) in [6, 6.07) is 9.45. The number of amides is 1. The Morgan fingerprint density at radius 3 is 2.91 bits per heavy atom. The molecule has 122 valence electrons.